The molecule has 0 amide bonds. The Bertz CT molecular complexity index is 382. The molecule has 3 saturated heterocycles. The van der Waals surface area contributed by atoms with Crippen LogP contribution in [0.5, 0.6) is 0 Å². The van der Waals surface area contributed by atoms with Gasteiger partial charge in [0.15, 0.2) is 0 Å². The molecule has 0 spiro atoms. The molecule has 24 heavy (non-hydrogen) atoms. The zero-order chi connectivity index (χ0) is 17.1. The highest BCUT2D eigenvalue weighted by molar-refractivity contribution is 4.93. The minimum atomic E-state index is -0.649. The van der Waals surface area contributed by atoms with Crippen LogP contribution >= 0.6 is 0 Å². The largest absolute Gasteiger partial charge is 0.390 e. The second-order valence-corrected chi connectivity index (χ2v) is 7.92. The van der Waals surface area contributed by atoms with Crippen LogP contribution in [-0.2, 0) is 4.74 Å². The molecule has 0 radical (unpaired) electrons. The van der Waals surface area contributed by atoms with Crippen LogP contribution in [0.1, 0.15) is 33.1 Å². The summed E-state index contributed by atoms with van der Waals surface area (Å²) in [5.41, 5.74) is 0. The SMILES string of the molecule is CC(C)N1CCC(N2CC[C@@H](O)[C@@H](O)[C@H](N3CCOCC3)C2)CC1. The van der Waals surface area contributed by atoms with Gasteiger partial charge in [0.2, 0.25) is 0 Å². The summed E-state index contributed by atoms with van der Waals surface area (Å²) in [6.45, 7) is 11.8. The van der Waals surface area contributed by atoms with Gasteiger partial charge >= 0.3 is 0 Å². The smallest absolute Gasteiger partial charge is 0.0966 e. The first-order valence-corrected chi connectivity index (χ1v) is 9.72. The molecule has 140 valence electrons. The zero-order valence-electron chi connectivity index (χ0n) is 15.3. The second-order valence-electron chi connectivity index (χ2n) is 7.92. The van der Waals surface area contributed by atoms with Crippen LogP contribution in [0.15, 0.2) is 0 Å². The normalized spacial score (nSPS) is 36.1. The predicted octanol–water partition coefficient (Wildman–Crippen LogP) is -0.0125. The first kappa shape index (κ1) is 18.5. The van der Waals surface area contributed by atoms with Gasteiger partial charge in [-0.1, -0.05) is 0 Å². The molecule has 3 rings (SSSR count). The van der Waals surface area contributed by atoms with E-state index in [2.05, 4.69) is 28.5 Å². The molecule has 0 unspecified atom stereocenters. The third-order valence-corrected chi connectivity index (χ3v) is 6.18. The summed E-state index contributed by atoms with van der Waals surface area (Å²) in [6.07, 6.45) is 1.80. The van der Waals surface area contributed by atoms with E-state index in [-0.39, 0.29) is 6.04 Å². The Labute approximate surface area is 146 Å². The Kier molecular flexibility index (Phi) is 6.51. The van der Waals surface area contributed by atoms with Gasteiger partial charge in [0.25, 0.3) is 0 Å². The van der Waals surface area contributed by atoms with E-state index in [1.54, 1.807) is 0 Å². The lowest BCUT2D eigenvalue weighted by atomic mass is 10.0. The molecule has 0 saturated carbocycles. The Morgan fingerprint density at radius 1 is 0.875 bits per heavy atom. The molecule has 2 N–H and O–H groups in total. The van der Waals surface area contributed by atoms with Gasteiger partial charge in [-0.15, -0.1) is 0 Å². The van der Waals surface area contributed by atoms with Gasteiger partial charge in [0.05, 0.1) is 31.5 Å². The summed E-state index contributed by atoms with van der Waals surface area (Å²) < 4.78 is 5.46. The molecule has 0 aliphatic carbocycles. The lowest BCUT2D eigenvalue weighted by Crippen LogP contribution is -2.56. The maximum atomic E-state index is 10.6. The highest BCUT2D eigenvalue weighted by Gasteiger charge is 2.38. The van der Waals surface area contributed by atoms with E-state index in [0.717, 1.165) is 52.5 Å². The van der Waals surface area contributed by atoms with Crippen LogP contribution in [0.2, 0.25) is 0 Å². The quantitative estimate of drug-likeness (QED) is 0.753. The number of aliphatic hydroxyl groups excluding tert-OH is 2. The molecule has 0 aromatic rings. The van der Waals surface area contributed by atoms with Crippen molar-refractivity contribution in [2.24, 2.45) is 0 Å². The fourth-order valence-electron chi connectivity index (χ4n) is 4.50. The van der Waals surface area contributed by atoms with Crippen molar-refractivity contribution in [1.82, 2.24) is 14.7 Å². The average molecular weight is 341 g/mol. The van der Waals surface area contributed by atoms with Gasteiger partial charge in [-0.3, -0.25) is 9.80 Å². The molecule has 3 aliphatic rings. The van der Waals surface area contributed by atoms with Crippen LogP contribution < -0.4 is 0 Å². The molecule has 0 aromatic carbocycles. The van der Waals surface area contributed by atoms with E-state index in [4.69, 9.17) is 4.74 Å². The number of hydrogen-bond acceptors (Lipinski definition) is 6. The zero-order valence-corrected chi connectivity index (χ0v) is 15.3. The third-order valence-electron chi connectivity index (χ3n) is 6.18. The van der Waals surface area contributed by atoms with E-state index in [0.29, 0.717) is 18.5 Å². The van der Waals surface area contributed by atoms with Crippen molar-refractivity contribution in [3.63, 3.8) is 0 Å². The van der Waals surface area contributed by atoms with Gasteiger partial charge < -0.3 is 19.8 Å². The fraction of sp³-hybridized carbons (Fsp3) is 1.00. The van der Waals surface area contributed by atoms with Crippen LogP contribution in [0.25, 0.3) is 0 Å². The number of nitrogens with zero attached hydrogens (tertiary/aromatic N) is 3. The maximum Gasteiger partial charge on any atom is 0.0966 e. The van der Waals surface area contributed by atoms with Crippen molar-refractivity contribution >= 4 is 0 Å². The number of rotatable bonds is 3. The van der Waals surface area contributed by atoms with Gasteiger partial charge in [-0.25, -0.2) is 0 Å². The van der Waals surface area contributed by atoms with Gasteiger partial charge in [-0.2, -0.15) is 0 Å². The predicted molar refractivity (Wildman–Crippen MR) is 94.1 cm³/mol. The monoisotopic (exact) mass is 341 g/mol. The first-order valence-electron chi connectivity index (χ1n) is 9.72. The topological polar surface area (TPSA) is 59.4 Å². The first-order chi connectivity index (χ1) is 11.6. The summed E-state index contributed by atoms with van der Waals surface area (Å²) in [5.74, 6) is 0. The third kappa shape index (κ3) is 4.29. The summed E-state index contributed by atoms with van der Waals surface area (Å²) in [4.78, 5) is 7.41. The molecule has 0 aromatic heterocycles. The van der Waals surface area contributed by atoms with Crippen molar-refractivity contribution < 1.29 is 14.9 Å². The molecular formula is C18H35N3O3. The van der Waals surface area contributed by atoms with Crippen molar-refractivity contribution in [2.75, 3.05) is 52.5 Å². The van der Waals surface area contributed by atoms with Crippen LogP contribution in [-0.4, -0.2) is 108 Å². The number of morpholine rings is 1. The van der Waals surface area contributed by atoms with E-state index < -0.39 is 12.2 Å². The van der Waals surface area contributed by atoms with Crippen molar-refractivity contribution in [3.8, 4) is 0 Å². The highest BCUT2D eigenvalue weighted by atomic mass is 16.5. The van der Waals surface area contributed by atoms with E-state index in [9.17, 15) is 10.2 Å². The highest BCUT2D eigenvalue weighted by Crippen LogP contribution is 2.24. The minimum absolute atomic E-state index is 0.0227. The molecule has 6 nitrogen and oxygen atoms in total. The lowest BCUT2D eigenvalue weighted by Gasteiger charge is -2.43. The van der Waals surface area contributed by atoms with Crippen LogP contribution in [0.4, 0.5) is 0 Å². The molecule has 6 heteroatoms. The molecule has 3 heterocycles. The summed E-state index contributed by atoms with van der Waals surface area (Å²) in [6, 6.07) is 1.23. The van der Waals surface area contributed by atoms with E-state index >= 15 is 0 Å². The Morgan fingerprint density at radius 3 is 2.17 bits per heavy atom. The molecular weight excluding hydrogens is 306 g/mol. The number of aliphatic hydroxyl groups is 2. The number of piperidine rings is 1. The Balaban J connectivity index is 1.63. The van der Waals surface area contributed by atoms with Crippen molar-refractivity contribution in [2.45, 2.75) is 63.4 Å². The number of ether oxygens (including phenoxy) is 1. The second kappa shape index (κ2) is 8.43. The Hall–Kier alpha value is -0.240. The van der Waals surface area contributed by atoms with Gasteiger partial charge in [0.1, 0.15) is 0 Å². The van der Waals surface area contributed by atoms with Crippen LogP contribution in [0.3, 0.4) is 0 Å². The Morgan fingerprint density at radius 2 is 1.54 bits per heavy atom. The molecule has 3 aliphatic heterocycles. The lowest BCUT2D eigenvalue weighted by molar-refractivity contribution is -0.0634. The summed E-state index contributed by atoms with van der Waals surface area (Å²) in [7, 11) is 0. The summed E-state index contributed by atoms with van der Waals surface area (Å²) >= 11 is 0. The number of hydrogen-bond donors (Lipinski definition) is 2. The van der Waals surface area contributed by atoms with E-state index in [1.165, 1.54) is 12.8 Å². The van der Waals surface area contributed by atoms with Crippen molar-refractivity contribution in [3.05, 3.63) is 0 Å². The van der Waals surface area contributed by atoms with Gasteiger partial charge in [0, 0.05) is 38.3 Å². The van der Waals surface area contributed by atoms with Gasteiger partial charge in [-0.05, 0) is 46.2 Å². The van der Waals surface area contributed by atoms with Crippen LogP contribution in [0, 0.1) is 0 Å². The average Bonchev–Trinajstić information content (AvgIpc) is 2.76. The van der Waals surface area contributed by atoms with Crippen molar-refractivity contribution in [1.29, 1.82) is 0 Å². The summed E-state index contributed by atoms with van der Waals surface area (Å²) in [5, 5.41) is 21.0. The number of likely N-dealkylation sites (tertiary alicyclic amines) is 2. The minimum Gasteiger partial charge on any atom is -0.390 e. The molecule has 3 fully saturated rings. The maximum absolute atomic E-state index is 10.6. The molecule has 0 bridgehead atoms. The standard InChI is InChI=1S/C18H35N3O3/c1-14(2)19-6-3-15(4-7-19)21-8-5-17(22)18(23)16(13-21)20-9-11-24-12-10-20/h14-18,22-23H,3-13H2,1-2H3/t16-,17-,18+/m1/s1. The van der Waals surface area contributed by atoms with E-state index in [1.807, 2.05) is 0 Å². The fourth-order valence-corrected chi connectivity index (χ4v) is 4.50. The molecule has 3 atom stereocenters.